The van der Waals surface area contributed by atoms with E-state index in [1.165, 1.54) is 13.2 Å². The van der Waals surface area contributed by atoms with Gasteiger partial charge in [0.15, 0.2) is 11.6 Å². The quantitative estimate of drug-likeness (QED) is 0.911. The Morgan fingerprint density at radius 3 is 2.67 bits per heavy atom. The predicted octanol–water partition coefficient (Wildman–Crippen LogP) is 3.90. The molecule has 0 radical (unpaired) electrons. The molecular weight excluding hydrogens is 295 g/mol. The number of benzene rings is 2. The fraction of sp³-hybridized carbons (Fsp3) is 0.188. The van der Waals surface area contributed by atoms with Crippen molar-refractivity contribution < 1.29 is 19.0 Å². The molecule has 0 spiro atoms. The number of carboxylic acid groups (broad SMARTS) is 1. The minimum atomic E-state index is -1.03. The number of carboxylic acids is 1. The zero-order valence-corrected chi connectivity index (χ0v) is 12.1. The molecule has 0 saturated heterocycles. The van der Waals surface area contributed by atoms with E-state index in [0.717, 1.165) is 0 Å². The minimum absolute atomic E-state index is 0.0265. The molecule has 0 fully saturated rings. The summed E-state index contributed by atoms with van der Waals surface area (Å²) in [6.07, 6.45) is 0.0265. The highest BCUT2D eigenvalue weighted by Gasteiger charge is 2.23. The summed E-state index contributed by atoms with van der Waals surface area (Å²) >= 11 is 5.89. The lowest BCUT2D eigenvalue weighted by atomic mass is 9.92. The Labute approximate surface area is 126 Å². The van der Waals surface area contributed by atoms with Crippen LogP contribution < -0.4 is 4.74 Å². The Kier molecular flexibility index (Phi) is 4.81. The number of hydrogen-bond acceptors (Lipinski definition) is 2. The van der Waals surface area contributed by atoms with Crippen LogP contribution in [0.15, 0.2) is 42.5 Å². The summed E-state index contributed by atoms with van der Waals surface area (Å²) < 4.78 is 19.1. The van der Waals surface area contributed by atoms with Crippen molar-refractivity contribution in [1.29, 1.82) is 0 Å². The second kappa shape index (κ2) is 6.59. The van der Waals surface area contributed by atoms with Crippen LogP contribution >= 0.6 is 11.6 Å². The number of methoxy groups -OCH3 is 1. The van der Waals surface area contributed by atoms with Gasteiger partial charge in [0.25, 0.3) is 0 Å². The average molecular weight is 309 g/mol. The summed E-state index contributed by atoms with van der Waals surface area (Å²) in [5, 5.41) is 9.85. The summed E-state index contributed by atoms with van der Waals surface area (Å²) in [5.41, 5.74) is 0.832. The van der Waals surface area contributed by atoms with Crippen molar-refractivity contribution in [3.8, 4) is 5.75 Å². The van der Waals surface area contributed by atoms with Crippen LogP contribution in [0.25, 0.3) is 0 Å². The molecule has 5 heteroatoms. The molecule has 2 aromatic rings. The largest absolute Gasteiger partial charge is 0.494 e. The highest BCUT2D eigenvalue weighted by molar-refractivity contribution is 6.30. The second-order valence-electron chi connectivity index (χ2n) is 4.58. The molecule has 0 aliphatic rings. The molecule has 3 nitrogen and oxygen atoms in total. The molecule has 0 amide bonds. The summed E-state index contributed by atoms with van der Waals surface area (Å²) in [6, 6.07) is 11.3. The van der Waals surface area contributed by atoms with Gasteiger partial charge in [-0.25, -0.2) is 4.39 Å². The smallest absolute Gasteiger partial charge is 0.311 e. The standard InChI is InChI=1S/C16H14ClFO3/c1-21-14-7-3-5-11(15(14)18)9-13(16(19)20)10-4-2-6-12(17)8-10/h2-8,13H,9H2,1H3,(H,19,20). The van der Waals surface area contributed by atoms with E-state index in [9.17, 15) is 14.3 Å². The summed E-state index contributed by atoms with van der Waals surface area (Å²) in [6.45, 7) is 0. The van der Waals surface area contributed by atoms with E-state index >= 15 is 0 Å². The van der Waals surface area contributed by atoms with Gasteiger partial charge in [0, 0.05) is 5.02 Å². The highest BCUT2D eigenvalue weighted by Crippen LogP contribution is 2.28. The minimum Gasteiger partial charge on any atom is -0.494 e. The number of ether oxygens (including phenoxy) is 1. The summed E-state index contributed by atoms with van der Waals surface area (Å²) in [4.78, 5) is 11.5. The van der Waals surface area contributed by atoms with Gasteiger partial charge in [0.1, 0.15) is 0 Å². The van der Waals surface area contributed by atoms with Crippen LogP contribution in [0.1, 0.15) is 17.0 Å². The van der Waals surface area contributed by atoms with E-state index in [0.29, 0.717) is 16.1 Å². The Morgan fingerprint density at radius 2 is 2.05 bits per heavy atom. The maximum Gasteiger partial charge on any atom is 0.311 e. The number of hydrogen-bond donors (Lipinski definition) is 1. The lowest BCUT2D eigenvalue weighted by Crippen LogP contribution is -2.15. The zero-order valence-electron chi connectivity index (χ0n) is 11.3. The lowest BCUT2D eigenvalue weighted by molar-refractivity contribution is -0.138. The van der Waals surface area contributed by atoms with Gasteiger partial charge in [-0.1, -0.05) is 35.9 Å². The molecule has 2 rings (SSSR count). The van der Waals surface area contributed by atoms with E-state index in [-0.39, 0.29) is 12.2 Å². The molecule has 2 aromatic carbocycles. The van der Waals surface area contributed by atoms with Gasteiger partial charge in [-0.15, -0.1) is 0 Å². The number of halogens is 2. The molecule has 0 bridgehead atoms. The fourth-order valence-electron chi connectivity index (χ4n) is 2.16. The monoisotopic (exact) mass is 308 g/mol. The Bertz CT molecular complexity index is 658. The van der Waals surface area contributed by atoms with E-state index in [4.69, 9.17) is 16.3 Å². The SMILES string of the molecule is COc1cccc(CC(C(=O)O)c2cccc(Cl)c2)c1F. The van der Waals surface area contributed by atoms with Gasteiger partial charge in [-0.2, -0.15) is 0 Å². The van der Waals surface area contributed by atoms with Crippen LogP contribution in [0.3, 0.4) is 0 Å². The molecule has 0 aromatic heterocycles. The molecule has 0 aliphatic carbocycles. The first-order chi connectivity index (χ1) is 10.0. The third kappa shape index (κ3) is 3.52. The molecule has 110 valence electrons. The first kappa shape index (κ1) is 15.3. The van der Waals surface area contributed by atoms with Crippen molar-refractivity contribution in [2.45, 2.75) is 12.3 Å². The van der Waals surface area contributed by atoms with Crippen LogP contribution in [0, 0.1) is 5.82 Å². The number of carbonyl (C=O) groups is 1. The zero-order chi connectivity index (χ0) is 15.4. The topological polar surface area (TPSA) is 46.5 Å². The molecule has 21 heavy (non-hydrogen) atoms. The highest BCUT2D eigenvalue weighted by atomic mass is 35.5. The molecule has 0 saturated carbocycles. The maximum atomic E-state index is 14.1. The van der Waals surface area contributed by atoms with Gasteiger partial charge >= 0.3 is 5.97 Å². The molecule has 0 aliphatic heterocycles. The maximum absolute atomic E-state index is 14.1. The Hall–Kier alpha value is -2.07. The number of aliphatic carboxylic acids is 1. The van der Waals surface area contributed by atoms with Crippen molar-refractivity contribution in [3.63, 3.8) is 0 Å². The van der Waals surface area contributed by atoms with Crippen LogP contribution in [0.5, 0.6) is 5.75 Å². The van der Waals surface area contributed by atoms with Gasteiger partial charge in [-0.05, 0) is 35.7 Å². The summed E-state index contributed by atoms with van der Waals surface area (Å²) in [5.74, 6) is -2.33. The van der Waals surface area contributed by atoms with Crippen molar-refractivity contribution in [2.24, 2.45) is 0 Å². The van der Waals surface area contributed by atoms with Gasteiger partial charge < -0.3 is 9.84 Å². The molecule has 1 unspecified atom stereocenters. The fourth-order valence-corrected chi connectivity index (χ4v) is 2.36. The van der Waals surface area contributed by atoms with Crippen LogP contribution in [0.2, 0.25) is 5.02 Å². The van der Waals surface area contributed by atoms with Crippen molar-refractivity contribution >= 4 is 17.6 Å². The Morgan fingerprint density at radius 1 is 1.33 bits per heavy atom. The third-order valence-corrected chi connectivity index (χ3v) is 3.47. The number of rotatable bonds is 5. The van der Waals surface area contributed by atoms with E-state index < -0.39 is 17.7 Å². The van der Waals surface area contributed by atoms with E-state index in [1.54, 1.807) is 36.4 Å². The molecule has 1 N–H and O–H groups in total. The van der Waals surface area contributed by atoms with Gasteiger partial charge in [-0.3, -0.25) is 4.79 Å². The van der Waals surface area contributed by atoms with Crippen LogP contribution in [-0.2, 0) is 11.2 Å². The molecule has 1 atom stereocenters. The van der Waals surface area contributed by atoms with Crippen molar-refractivity contribution in [1.82, 2.24) is 0 Å². The third-order valence-electron chi connectivity index (χ3n) is 3.24. The first-order valence-corrected chi connectivity index (χ1v) is 6.70. The second-order valence-corrected chi connectivity index (χ2v) is 5.02. The predicted molar refractivity (Wildman–Crippen MR) is 78.5 cm³/mol. The van der Waals surface area contributed by atoms with Crippen LogP contribution in [-0.4, -0.2) is 18.2 Å². The van der Waals surface area contributed by atoms with Crippen LogP contribution in [0.4, 0.5) is 4.39 Å². The Balaban J connectivity index is 2.36. The molecule has 0 heterocycles. The first-order valence-electron chi connectivity index (χ1n) is 6.32. The lowest BCUT2D eigenvalue weighted by Gasteiger charge is -2.14. The average Bonchev–Trinajstić information content (AvgIpc) is 2.45. The summed E-state index contributed by atoms with van der Waals surface area (Å²) in [7, 11) is 1.37. The van der Waals surface area contributed by atoms with E-state index in [2.05, 4.69) is 0 Å². The van der Waals surface area contributed by atoms with Crippen molar-refractivity contribution in [3.05, 3.63) is 64.4 Å². The van der Waals surface area contributed by atoms with Crippen molar-refractivity contribution in [2.75, 3.05) is 7.11 Å². The normalized spacial score (nSPS) is 12.0. The van der Waals surface area contributed by atoms with E-state index in [1.807, 2.05) is 0 Å². The molecular formula is C16H14ClFO3. The van der Waals surface area contributed by atoms with Gasteiger partial charge in [0.2, 0.25) is 0 Å². The van der Waals surface area contributed by atoms with Gasteiger partial charge in [0.05, 0.1) is 13.0 Å².